The topological polar surface area (TPSA) is 89.3 Å². The molecular weight excluding hydrogens is 332 g/mol. The van der Waals surface area contributed by atoms with Gasteiger partial charge in [-0.15, -0.1) is 11.3 Å². The molecule has 0 spiro atoms. The molecule has 1 amide bonds. The van der Waals surface area contributed by atoms with Crippen LogP contribution in [0.15, 0.2) is 35.2 Å². The average molecular weight is 345 g/mol. The minimum absolute atomic E-state index is 0.109. The Hall–Kier alpha value is -1.41. The zero-order chi connectivity index (χ0) is 15.6. The number of carbonyl (C=O) groups excluding carboxylic acids is 1. The van der Waals surface area contributed by atoms with Gasteiger partial charge in [-0.05, 0) is 36.8 Å². The number of anilines is 1. The Balaban J connectivity index is 2.28. The van der Waals surface area contributed by atoms with Gasteiger partial charge in [0, 0.05) is 4.88 Å². The first-order valence-electron chi connectivity index (χ1n) is 6.03. The Morgan fingerprint density at radius 3 is 2.62 bits per heavy atom. The molecule has 1 aromatic carbocycles. The lowest BCUT2D eigenvalue weighted by molar-refractivity contribution is 0.103. The third-order valence-corrected chi connectivity index (χ3v) is 5.22. The molecule has 112 valence electrons. The summed E-state index contributed by atoms with van der Waals surface area (Å²) in [6.45, 7) is 2.00. The van der Waals surface area contributed by atoms with Crippen LogP contribution in [0, 0.1) is 0 Å². The fraction of sp³-hybridized carbons (Fsp3) is 0.154. The number of amides is 1. The normalized spacial score (nSPS) is 11.4. The first-order valence-corrected chi connectivity index (χ1v) is 8.77. The predicted octanol–water partition coefficient (Wildman–Crippen LogP) is 2.86. The van der Waals surface area contributed by atoms with E-state index in [1.807, 2.05) is 13.0 Å². The van der Waals surface area contributed by atoms with Gasteiger partial charge in [0.25, 0.3) is 5.91 Å². The third-order valence-electron chi connectivity index (χ3n) is 2.75. The van der Waals surface area contributed by atoms with Gasteiger partial charge in [-0.1, -0.05) is 18.5 Å². The van der Waals surface area contributed by atoms with Crippen molar-refractivity contribution in [1.82, 2.24) is 0 Å². The van der Waals surface area contributed by atoms with Crippen molar-refractivity contribution >= 4 is 44.6 Å². The number of hydrogen-bond acceptors (Lipinski definition) is 4. The molecule has 0 unspecified atom stereocenters. The number of thiophene rings is 1. The van der Waals surface area contributed by atoms with Crippen molar-refractivity contribution in [3.8, 4) is 0 Å². The summed E-state index contributed by atoms with van der Waals surface area (Å²) in [5.41, 5.74) is 0.208. The van der Waals surface area contributed by atoms with Gasteiger partial charge in [0.05, 0.1) is 20.5 Å². The van der Waals surface area contributed by atoms with Gasteiger partial charge in [0.2, 0.25) is 10.0 Å². The molecular formula is C13H13ClN2O3S2. The highest BCUT2D eigenvalue weighted by Gasteiger charge is 2.14. The molecule has 8 heteroatoms. The Morgan fingerprint density at radius 2 is 2.05 bits per heavy atom. The SMILES string of the molecule is CCc1ccc(C(=O)Nc2cc(S(N)(=O)=O)ccc2Cl)s1. The minimum Gasteiger partial charge on any atom is -0.320 e. The second-order valence-corrected chi connectivity index (χ2v) is 7.40. The molecule has 2 rings (SSSR count). The summed E-state index contributed by atoms with van der Waals surface area (Å²) < 4.78 is 22.6. The van der Waals surface area contributed by atoms with Crippen molar-refractivity contribution < 1.29 is 13.2 Å². The molecule has 0 aliphatic carbocycles. The Bertz CT molecular complexity index is 784. The van der Waals surface area contributed by atoms with E-state index in [1.165, 1.54) is 29.5 Å². The molecule has 0 fully saturated rings. The lowest BCUT2D eigenvalue weighted by Gasteiger charge is -2.08. The van der Waals surface area contributed by atoms with Gasteiger partial charge in [-0.2, -0.15) is 0 Å². The molecule has 5 nitrogen and oxygen atoms in total. The Kier molecular flexibility index (Phi) is 4.67. The van der Waals surface area contributed by atoms with E-state index in [-0.39, 0.29) is 21.5 Å². The summed E-state index contributed by atoms with van der Waals surface area (Å²) in [4.78, 5) is 13.6. The summed E-state index contributed by atoms with van der Waals surface area (Å²) in [5.74, 6) is -0.340. The van der Waals surface area contributed by atoms with E-state index in [9.17, 15) is 13.2 Å². The molecule has 0 atom stereocenters. The van der Waals surface area contributed by atoms with Crippen LogP contribution in [0.2, 0.25) is 5.02 Å². The van der Waals surface area contributed by atoms with Crippen molar-refractivity contribution in [2.24, 2.45) is 5.14 Å². The Morgan fingerprint density at radius 1 is 1.33 bits per heavy atom. The highest BCUT2D eigenvalue weighted by atomic mass is 35.5. The van der Waals surface area contributed by atoms with E-state index in [0.717, 1.165) is 11.3 Å². The highest BCUT2D eigenvalue weighted by molar-refractivity contribution is 7.89. The number of rotatable bonds is 4. The van der Waals surface area contributed by atoms with Crippen LogP contribution in [0.3, 0.4) is 0 Å². The lowest BCUT2D eigenvalue weighted by Crippen LogP contribution is -2.14. The van der Waals surface area contributed by atoms with E-state index >= 15 is 0 Å². The number of sulfonamides is 1. The van der Waals surface area contributed by atoms with E-state index in [4.69, 9.17) is 16.7 Å². The van der Waals surface area contributed by atoms with Crippen LogP contribution < -0.4 is 10.5 Å². The quantitative estimate of drug-likeness (QED) is 0.893. The van der Waals surface area contributed by atoms with Crippen molar-refractivity contribution in [2.45, 2.75) is 18.2 Å². The number of hydrogen-bond donors (Lipinski definition) is 2. The van der Waals surface area contributed by atoms with Gasteiger partial charge in [0.15, 0.2) is 0 Å². The maximum Gasteiger partial charge on any atom is 0.265 e. The molecule has 0 saturated heterocycles. The second kappa shape index (κ2) is 6.15. The van der Waals surface area contributed by atoms with Gasteiger partial charge in [-0.25, -0.2) is 13.6 Å². The van der Waals surface area contributed by atoms with E-state index < -0.39 is 10.0 Å². The molecule has 0 saturated carbocycles. The van der Waals surface area contributed by atoms with E-state index in [0.29, 0.717) is 4.88 Å². The fourth-order valence-electron chi connectivity index (χ4n) is 1.65. The number of benzene rings is 1. The van der Waals surface area contributed by atoms with Gasteiger partial charge in [-0.3, -0.25) is 4.79 Å². The van der Waals surface area contributed by atoms with Crippen LogP contribution in [0.4, 0.5) is 5.69 Å². The van der Waals surface area contributed by atoms with Crippen LogP contribution in [-0.2, 0) is 16.4 Å². The molecule has 0 aliphatic rings. The number of nitrogens with one attached hydrogen (secondary N) is 1. The van der Waals surface area contributed by atoms with Crippen LogP contribution in [0.25, 0.3) is 0 Å². The maximum atomic E-state index is 12.1. The smallest absolute Gasteiger partial charge is 0.265 e. The molecule has 0 aliphatic heterocycles. The molecule has 1 aromatic heterocycles. The van der Waals surface area contributed by atoms with Gasteiger partial charge < -0.3 is 5.32 Å². The number of aryl methyl sites for hydroxylation is 1. The first-order chi connectivity index (χ1) is 9.81. The van der Waals surface area contributed by atoms with Crippen LogP contribution in [0.5, 0.6) is 0 Å². The zero-order valence-electron chi connectivity index (χ0n) is 11.1. The molecule has 0 bridgehead atoms. The van der Waals surface area contributed by atoms with Crippen LogP contribution in [0.1, 0.15) is 21.5 Å². The Labute approximate surface area is 131 Å². The summed E-state index contributed by atoms with van der Waals surface area (Å²) in [5, 5.41) is 7.89. The number of nitrogens with two attached hydrogens (primary N) is 1. The average Bonchev–Trinajstić information content (AvgIpc) is 2.88. The van der Waals surface area contributed by atoms with Crippen molar-refractivity contribution in [3.63, 3.8) is 0 Å². The van der Waals surface area contributed by atoms with Crippen molar-refractivity contribution in [1.29, 1.82) is 0 Å². The van der Waals surface area contributed by atoms with Crippen molar-refractivity contribution in [2.75, 3.05) is 5.32 Å². The minimum atomic E-state index is -3.85. The monoisotopic (exact) mass is 344 g/mol. The predicted molar refractivity (Wildman–Crippen MR) is 84.5 cm³/mol. The number of primary sulfonamides is 1. The lowest BCUT2D eigenvalue weighted by atomic mass is 10.3. The van der Waals surface area contributed by atoms with E-state index in [1.54, 1.807) is 6.07 Å². The summed E-state index contributed by atoms with van der Waals surface area (Å²) in [6.07, 6.45) is 0.847. The summed E-state index contributed by atoms with van der Waals surface area (Å²) in [6, 6.07) is 7.50. The maximum absolute atomic E-state index is 12.1. The molecule has 1 heterocycles. The fourth-order valence-corrected chi connectivity index (χ4v) is 3.20. The van der Waals surface area contributed by atoms with Crippen LogP contribution >= 0.6 is 22.9 Å². The summed E-state index contributed by atoms with van der Waals surface area (Å²) in [7, 11) is -3.85. The van der Waals surface area contributed by atoms with E-state index in [2.05, 4.69) is 5.32 Å². The number of halogens is 1. The van der Waals surface area contributed by atoms with Gasteiger partial charge in [0.1, 0.15) is 0 Å². The largest absolute Gasteiger partial charge is 0.320 e. The van der Waals surface area contributed by atoms with Crippen LogP contribution in [-0.4, -0.2) is 14.3 Å². The first kappa shape index (κ1) is 16.0. The molecule has 3 N–H and O–H groups in total. The number of carbonyl (C=O) groups is 1. The second-order valence-electron chi connectivity index (χ2n) is 4.26. The molecule has 21 heavy (non-hydrogen) atoms. The summed E-state index contributed by atoms with van der Waals surface area (Å²) >= 11 is 7.34. The zero-order valence-corrected chi connectivity index (χ0v) is 13.5. The standard InChI is InChI=1S/C13H13ClN2O3S2/c1-2-8-3-6-12(20-8)13(17)16-11-7-9(21(15,18)19)4-5-10(11)14/h3-7H,2H2,1H3,(H,16,17)(H2,15,18,19). The molecule has 2 aromatic rings. The third kappa shape index (κ3) is 3.82. The highest BCUT2D eigenvalue weighted by Crippen LogP contribution is 2.26. The van der Waals surface area contributed by atoms with Gasteiger partial charge >= 0.3 is 0 Å². The van der Waals surface area contributed by atoms with Crippen molar-refractivity contribution in [3.05, 3.63) is 45.1 Å². The molecule has 0 radical (unpaired) electrons.